The summed E-state index contributed by atoms with van der Waals surface area (Å²) >= 11 is 0. The van der Waals surface area contributed by atoms with E-state index in [0.717, 1.165) is 23.2 Å². The van der Waals surface area contributed by atoms with Crippen LogP contribution in [0.1, 0.15) is 17.0 Å². The van der Waals surface area contributed by atoms with Crippen molar-refractivity contribution in [3.05, 3.63) is 77.7 Å². The summed E-state index contributed by atoms with van der Waals surface area (Å²) in [5, 5.41) is 8.31. The highest BCUT2D eigenvalue weighted by Crippen LogP contribution is 2.12. The van der Waals surface area contributed by atoms with Crippen molar-refractivity contribution in [2.45, 2.75) is 19.4 Å². The average molecular weight is 429 g/mol. The molecular weight excluding hydrogens is 406 g/mol. The van der Waals surface area contributed by atoms with E-state index in [1.165, 1.54) is 0 Å². The second-order valence-corrected chi connectivity index (χ2v) is 8.14. The van der Waals surface area contributed by atoms with Gasteiger partial charge in [0.1, 0.15) is 25.6 Å². The number of hydrogen-bond acceptors (Lipinski definition) is 8. The lowest BCUT2D eigenvalue weighted by molar-refractivity contribution is 0.222. The smallest absolute Gasteiger partial charge is 0.264 e. The summed E-state index contributed by atoms with van der Waals surface area (Å²) in [5.74, 6) is 1.04. The first-order valence-corrected chi connectivity index (χ1v) is 11.2. The minimum atomic E-state index is -3.45. The first kappa shape index (κ1) is 21.7. The fourth-order valence-corrected chi connectivity index (χ4v) is 2.91. The number of nitrogens with zero attached hydrogens (tertiary/aromatic N) is 3. The van der Waals surface area contributed by atoms with Gasteiger partial charge in [0, 0.05) is 11.8 Å². The lowest BCUT2D eigenvalue weighted by atomic mass is 10.1. The SMILES string of the molecule is CS(=O)(=O)OCCOc1ccc(CCc2ccc(OCc3ccccc3)nn2)nc1. The standard InChI is InChI=1S/C21H23N3O5S/c1-30(25,26)29-14-13-27-20-11-9-18(22-15-20)7-8-19-10-12-21(24-23-19)28-16-17-5-3-2-4-6-17/h2-6,9-12,15H,7-8,13-14,16H2,1H3. The highest BCUT2D eigenvalue weighted by atomic mass is 32.2. The fourth-order valence-electron chi connectivity index (χ4n) is 2.53. The molecule has 0 amide bonds. The first-order valence-electron chi connectivity index (χ1n) is 9.39. The summed E-state index contributed by atoms with van der Waals surface area (Å²) in [5.41, 5.74) is 2.81. The van der Waals surface area contributed by atoms with Crippen LogP contribution in [0.4, 0.5) is 0 Å². The van der Waals surface area contributed by atoms with Gasteiger partial charge in [-0.2, -0.15) is 13.5 Å². The van der Waals surface area contributed by atoms with Crippen molar-refractivity contribution in [2.75, 3.05) is 19.5 Å². The molecular formula is C21H23N3O5S. The molecule has 9 heteroatoms. The molecule has 0 saturated heterocycles. The number of aryl methyl sites for hydroxylation is 2. The van der Waals surface area contributed by atoms with Gasteiger partial charge in [-0.25, -0.2) is 0 Å². The number of benzene rings is 1. The van der Waals surface area contributed by atoms with Gasteiger partial charge in [0.2, 0.25) is 5.88 Å². The molecule has 0 radical (unpaired) electrons. The molecule has 3 rings (SSSR count). The van der Waals surface area contributed by atoms with E-state index in [2.05, 4.69) is 19.4 Å². The van der Waals surface area contributed by atoms with Gasteiger partial charge >= 0.3 is 0 Å². The molecule has 0 aliphatic heterocycles. The number of ether oxygens (including phenoxy) is 2. The van der Waals surface area contributed by atoms with Gasteiger partial charge in [0.15, 0.2) is 0 Å². The zero-order chi connectivity index (χ0) is 21.2. The predicted octanol–water partition coefficient (Wildman–Crippen LogP) is 2.59. The summed E-state index contributed by atoms with van der Waals surface area (Å²) in [6.07, 6.45) is 4.00. The number of aromatic nitrogens is 3. The normalized spacial score (nSPS) is 11.2. The van der Waals surface area contributed by atoms with Crippen molar-refractivity contribution in [1.82, 2.24) is 15.2 Å². The van der Waals surface area contributed by atoms with Crippen molar-refractivity contribution in [2.24, 2.45) is 0 Å². The highest BCUT2D eigenvalue weighted by molar-refractivity contribution is 7.85. The molecule has 0 saturated carbocycles. The summed E-state index contributed by atoms with van der Waals surface area (Å²) in [6.45, 7) is 0.542. The molecule has 158 valence electrons. The van der Waals surface area contributed by atoms with Gasteiger partial charge in [-0.05, 0) is 36.6 Å². The van der Waals surface area contributed by atoms with E-state index in [-0.39, 0.29) is 13.2 Å². The number of pyridine rings is 1. The fraction of sp³-hybridized carbons (Fsp3) is 0.286. The van der Waals surface area contributed by atoms with E-state index >= 15 is 0 Å². The van der Waals surface area contributed by atoms with Crippen LogP contribution in [0.5, 0.6) is 11.6 Å². The summed E-state index contributed by atoms with van der Waals surface area (Å²) < 4.78 is 37.4. The Morgan fingerprint density at radius 2 is 1.60 bits per heavy atom. The Bertz CT molecular complexity index is 1010. The predicted molar refractivity (Wildman–Crippen MR) is 111 cm³/mol. The van der Waals surface area contributed by atoms with Crippen LogP contribution in [0, 0.1) is 0 Å². The number of rotatable bonds is 11. The Morgan fingerprint density at radius 1 is 0.833 bits per heavy atom. The van der Waals surface area contributed by atoms with Crippen LogP contribution in [0.15, 0.2) is 60.8 Å². The Kier molecular flexibility index (Phi) is 7.69. The molecule has 1 aromatic carbocycles. The summed E-state index contributed by atoms with van der Waals surface area (Å²) in [4.78, 5) is 4.34. The van der Waals surface area contributed by atoms with E-state index in [4.69, 9.17) is 9.47 Å². The lowest BCUT2D eigenvalue weighted by Gasteiger charge is -2.07. The van der Waals surface area contributed by atoms with Crippen molar-refractivity contribution in [3.8, 4) is 11.6 Å². The molecule has 2 aromatic heterocycles. The zero-order valence-electron chi connectivity index (χ0n) is 16.6. The van der Waals surface area contributed by atoms with E-state index in [0.29, 0.717) is 31.1 Å². The maximum absolute atomic E-state index is 10.9. The van der Waals surface area contributed by atoms with Crippen LogP contribution < -0.4 is 9.47 Å². The summed E-state index contributed by atoms with van der Waals surface area (Å²) in [7, 11) is -3.45. The Hall–Kier alpha value is -3.04. The largest absolute Gasteiger partial charge is 0.490 e. The van der Waals surface area contributed by atoms with Crippen LogP contribution in [0.25, 0.3) is 0 Å². The van der Waals surface area contributed by atoms with Gasteiger partial charge in [-0.15, -0.1) is 5.10 Å². The lowest BCUT2D eigenvalue weighted by Crippen LogP contribution is -2.11. The molecule has 0 aliphatic rings. The van der Waals surface area contributed by atoms with E-state index in [1.807, 2.05) is 48.5 Å². The summed E-state index contributed by atoms with van der Waals surface area (Å²) in [6, 6.07) is 17.2. The number of hydrogen-bond donors (Lipinski definition) is 0. The van der Waals surface area contributed by atoms with Crippen LogP contribution in [-0.4, -0.2) is 43.1 Å². The molecule has 0 atom stereocenters. The minimum absolute atomic E-state index is 0.0374. The Morgan fingerprint density at radius 3 is 2.27 bits per heavy atom. The van der Waals surface area contributed by atoms with Crippen LogP contribution in [-0.2, 0) is 33.7 Å². The molecule has 30 heavy (non-hydrogen) atoms. The molecule has 8 nitrogen and oxygen atoms in total. The van der Waals surface area contributed by atoms with Crippen molar-refractivity contribution < 1.29 is 22.1 Å². The van der Waals surface area contributed by atoms with Crippen molar-refractivity contribution >= 4 is 10.1 Å². The third-order valence-electron chi connectivity index (χ3n) is 4.01. The van der Waals surface area contributed by atoms with Gasteiger partial charge in [-0.1, -0.05) is 30.3 Å². The molecule has 0 aliphatic carbocycles. The van der Waals surface area contributed by atoms with Gasteiger partial charge in [0.05, 0.1) is 18.1 Å². The van der Waals surface area contributed by atoms with E-state index in [1.54, 1.807) is 12.3 Å². The maximum Gasteiger partial charge on any atom is 0.264 e. The third kappa shape index (κ3) is 7.76. The third-order valence-corrected chi connectivity index (χ3v) is 4.60. The second-order valence-electron chi connectivity index (χ2n) is 6.50. The Labute approximate surface area is 176 Å². The Balaban J connectivity index is 1.40. The quantitative estimate of drug-likeness (QED) is 0.339. The van der Waals surface area contributed by atoms with Crippen LogP contribution >= 0.6 is 0 Å². The second kappa shape index (κ2) is 10.7. The van der Waals surface area contributed by atoms with Crippen molar-refractivity contribution in [3.63, 3.8) is 0 Å². The molecule has 0 N–H and O–H groups in total. The average Bonchev–Trinajstić information content (AvgIpc) is 2.75. The molecule has 0 fully saturated rings. The van der Waals surface area contributed by atoms with Crippen LogP contribution in [0.2, 0.25) is 0 Å². The van der Waals surface area contributed by atoms with Gasteiger partial charge in [0.25, 0.3) is 10.1 Å². The molecule has 0 unspecified atom stereocenters. The van der Waals surface area contributed by atoms with E-state index in [9.17, 15) is 8.42 Å². The van der Waals surface area contributed by atoms with Gasteiger partial charge in [-0.3, -0.25) is 9.17 Å². The molecule has 0 bridgehead atoms. The van der Waals surface area contributed by atoms with Crippen molar-refractivity contribution in [1.29, 1.82) is 0 Å². The molecule has 2 heterocycles. The maximum atomic E-state index is 10.9. The molecule has 0 spiro atoms. The minimum Gasteiger partial charge on any atom is -0.490 e. The highest BCUT2D eigenvalue weighted by Gasteiger charge is 2.04. The zero-order valence-corrected chi connectivity index (χ0v) is 17.4. The van der Waals surface area contributed by atoms with Gasteiger partial charge < -0.3 is 9.47 Å². The van der Waals surface area contributed by atoms with Crippen LogP contribution in [0.3, 0.4) is 0 Å². The monoisotopic (exact) mass is 429 g/mol. The molecule has 3 aromatic rings. The topological polar surface area (TPSA) is 101 Å². The first-order chi connectivity index (χ1) is 14.5. The van der Waals surface area contributed by atoms with E-state index < -0.39 is 10.1 Å².